The molecule has 1 N–H and O–H groups in total. The topological polar surface area (TPSA) is 95.7 Å². The quantitative estimate of drug-likeness (QED) is 0.230. The van der Waals surface area contributed by atoms with Gasteiger partial charge >= 0.3 is 0 Å². The van der Waals surface area contributed by atoms with Gasteiger partial charge in [0.1, 0.15) is 42.2 Å². The Labute approximate surface area is 217 Å². The Kier molecular flexibility index (Phi) is 8.12. The fourth-order valence-electron chi connectivity index (χ4n) is 3.79. The summed E-state index contributed by atoms with van der Waals surface area (Å²) in [5.74, 6) is -0.638. The maximum absolute atomic E-state index is 14.6. The number of aliphatic hydroxyl groups is 1. The lowest BCUT2D eigenvalue weighted by molar-refractivity contribution is -0.0302. The summed E-state index contributed by atoms with van der Waals surface area (Å²) in [5, 5.41) is 15.4. The van der Waals surface area contributed by atoms with Crippen LogP contribution < -0.4 is 14.2 Å². The van der Waals surface area contributed by atoms with Crippen LogP contribution in [0.4, 0.5) is 8.78 Å². The van der Waals surface area contributed by atoms with Gasteiger partial charge in [-0.15, -0.1) is 0 Å². The molecule has 8 nitrogen and oxygen atoms in total. The molecule has 0 spiro atoms. The second-order valence-corrected chi connectivity index (χ2v) is 8.37. The predicted octanol–water partition coefficient (Wildman–Crippen LogP) is 4.44. The number of ketones is 1. The fourth-order valence-corrected chi connectivity index (χ4v) is 3.79. The fraction of sp³-hybridized carbons (Fsp3) is 0.179. The minimum Gasteiger partial charge on any atom is -0.497 e. The number of hydrogen-bond acceptors (Lipinski definition) is 7. The summed E-state index contributed by atoms with van der Waals surface area (Å²) in [7, 11) is 3.00. The van der Waals surface area contributed by atoms with Gasteiger partial charge in [-0.05, 0) is 54.1 Å². The lowest BCUT2D eigenvalue weighted by atomic mass is 9.94. The Bertz CT molecular complexity index is 1430. The Morgan fingerprint density at radius 3 is 2.47 bits per heavy atom. The lowest BCUT2D eigenvalue weighted by Crippen LogP contribution is -2.39. The molecular weight excluding hydrogens is 496 g/mol. The van der Waals surface area contributed by atoms with Crippen molar-refractivity contribution in [1.82, 2.24) is 14.8 Å². The first-order valence-electron chi connectivity index (χ1n) is 11.5. The van der Waals surface area contributed by atoms with E-state index < -0.39 is 23.8 Å². The van der Waals surface area contributed by atoms with Crippen LogP contribution in [0.25, 0.3) is 6.08 Å². The van der Waals surface area contributed by atoms with Gasteiger partial charge in [0.2, 0.25) is 0 Å². The molecule has 1 aromatic heterocycles. The maximum Gasteiger partial charge on any atom is 0.185 e. The van der Waals surface area contributed by atoms with Crippen molar-refractivity contribution < 1.29 is 32.9 Å². The minimum absolute atomic E-state index is 0.162. The van der Waals surface area contributed by atoms with Gasteiger partial charge in [-0.25, -0.2) is 18.4 Å². The molecule has 10 heteroatoms. The standard InChI is InChI=1S/C28H25F2N3O5/c1-36-22-8-5-20(6-9-22)25(34)11-3-19-4-12-26(27(13-19)37-2)38-16-28(35,15-33-18-31-17-32-33)23-10-7-21(29)14-24(23)30/h3-14,17-18,35H,15-16H2,1-2H3/b11-3+. The van der Waals surface area contributed by atoms with Crippen LogP contribution in [0.3, 0.4) is 0 Å². The second-order valence-electron chi connectivity index (χ2n) is 8.37. The highest BCUT2D eigenvalue weighted by atomic mass is 19.1. The van der Waals surface area contributed by atoms with Crippen LogP contribution in [-0.2, 0) is 12.1 Å². The number of carbonyl (C=O) groups excluding carboxylic acids is 1. The largest absolute Gasteiger partial charge is 0.497 e. The van der Waals surface area contributed by atoms with Crippen molar-refractivity contribution >= 4 is 11.9 Å². The molecule has 0 fully saturated rings. The average molecular weight is 522 g/mol. The molecule has 1 atom stereocenters. The normalized spacial score (nSPS) is 12.8. The molecule has 38 heavy (non-hydrogen) atoms. The summed E-state index contributed by atoms with van der Waals surface area (Å²) < 4.78 is 45.9. The van der Waals surface area contributed by atoms with E-state index in [-0.39, 0.29) is 23.6 Å². The molecule has 4 aromatic rings. The first kappa shape index (κ1) is 26.5. The highest BCUT2D eigenvalue weighted by Crippen LogP contribution is 2.32. The van der Waals surface area contributed by atoms with Crippen LogP contribution in [0.2, 0.25) is 0 Å². The molecule has 0 aliphatic carbocycles. The number of allylic oxidation sites excluding steroid dienone is 1. The summed E-state index contributed by atoms with van der Waals surface area (Å²) >= 11 is 0. The smallest absolute Gasteiger partial charge is 0.185 e. The molecule has 1 heterocycles. The number of methoxy groups -OCH3 is 2. The predicted molar refractivity (Wildman–Crippen MR) is 135 cm³/mol. The summed E-state index contributed by atoms with van der Waals surface area (Å²) in [6.07, 6.45) is 5.71. The monoisotopic (exact) mass is 521 g/mol. The van der Waals surface area contributed by atoms with Crippen LogP contribution in [-0.4, -0.2) is 46.5 Å². The van der Waals surface area contributed by atoms with Crippen LogP contribution in [0, 0.1) is 11.6 Å². The number of nitrogens with zero attached hydrogens (tertiary/aromatic N) is 3. The molecule has 0 amide bonds. The molecule has 0 saturated heterocycles. The number of benzene rings is 3. The number of halogens is 2. The van der Waals surface area contributed by atoms with Gasteiger partial charge in [0.15, 0.2) is 17.3 Å². The third kappa shape index (κ3) is 6.22. The van der Waals surface area contributed by atoms with Crippen molar-refractivity contribution in [2.24, 2.45) is 0 Å². The first-order valence-corrected chi connectivity index (χ1v) is 11.5. The van der Waals surface area contributed by atoms with Crippen LogP contribution in [0.5, 0.6) is 17.2 Å². The zero-order valence-corrected chi connectivity index (χ0v) is 20.7. The first-order chi connectivity index (χ1) is 18.3. The van der Waals surface area contributed by atoms with Crippen LogP contribution in [0.1, 0.15) is 21.5 Å². The highest BCUT2D eigenvalue weighted by Gasteiger charge is 2.35. The molecule has 0 radical (unpaired) electrons. The molecule has 0 aliphatic rings. The van der Waals surface area contributed by atoms with Gasteiger partial charge in [-0.3, -0.25) is 4.79 Å². The lowest BCUT2D eigenvalue weighted by Gasteiger charge is -2.29. The highest BCUT2D eigenvalue weighted by molar-refractivity contribution is 6.06. The summed E-state index contributed by atoms with van der Waals surface area (Å²) in [4.78, 5) is 16.3. The van der Waals surface area contributed by atoms with Crippen LogP contribution in [0.15, 0.2) is 79.4 Å². The van der Waals surface area contributed by atoms with E-state index in [1.165, 1.54) is 30.5 Å². The van der Waals surface area contributed by atoms with Crippen molar-refractivity contribution in [3.63, 3.8) is 0 Å². The van der Waals surface area contributed by atoms with Gasteiger partial charge in [0.25, 0.3) is 0 Å². The van der Waals surface area contributed by atoms with E-state index in [2.05, 4.69) is 10.1 Å². The van der Waals surface area contributed by atoms with Crippen LogP contribution >= 0.6 is 0 Å². The van der Waals surface area contributed by atoms with E-state index >= 15 is 0 Å². The van der Waals surface area contributed by atoms with Crippen molar-refractivity contribution in [2.75, 3.05) is 20.8 Å². The Balaban J connectivity index is 1.52. The van der Waals surface area contributed by atoms with E-state index in [1.807, 2.05) is 0 Å². The van der Waals surface area contributed by atoms with E-state index in [1.54, 1.807) is 55.7 Å². The van der Waals surface area contributed by atoms with Gasteiger partial charge < -0.3 is 19.3 Å². The molecule has 0 saturated carbocycles. The zero-order chi connectivity index (χ0) is 27.1. The third-order valence-electron chi connectivity index (χ3n) is 5.78. The van der Waals surface area contributed by atoms with Crippen molar-refractivity contribution in [3.05, 3.63) is 108 Å². The van der Waals surface area contributed by atoms with Gasteiger partial charge in [-0.2, -0.15) is 5.10 Å². The van der Waals surface area contributed by atoms with Crippen molar-refractivity contribution in [1.29, 1.82) is 0 Å². The molecule has 1 unspecified atom stereocenters. The van der Waals surface area contributed by atoms with Gasteiger partial charge in [-0.1, -0.05) is 18.2 Å². The molecule has 3 aromatic carbocycles. The molecule has 0 bridgehead atoms. The zero-order valence-electron chi connectivity index (χ0n) is 20.7. The summed E-state index contributed by atoms with van der Waals surface area (Å²) in [6, 6.07) is 14.6. The molecule has 196 valence electrons. The number of aromatic nitrogens is 3. The molecular formula is C28H25F2N3O5. The van der Waals surface area contributed by atoms with E-state index in [0.717, 1.165) is 12.1 Å². The average Bonchev–Trinajstić information content (AvgIpc) is 3.43. The third-order valence-corrected chi connectivity index (χ3v) is 5.78. The molecule has 4 rings (SSSR count). The number of hydrogen-bond donors (Lipinski definition) is 1. The van der Waals surface area contributed by atoms with E-state index in [9.17, 15) is 18.7 Å². The summed E-state index contributed by atoms with van der Waals surface area (Å²) in [5.41, 5.74) is -0.906. The number of rotatable bonds is 11. The van der Waals surface area contributed by atoms with Crippen molar-refractivity contribution in [2.45, 2.75) is 12.1 Å². The minimum atomic E-state index is -1.92. The van der Waals surface area contributed by atoms with E-state index in [4.69, 9.17) is 14.2 Å². The van der Waals surface area contributed by atoms with E-state index in [0.29, 0.717) is 28.7 Å². The number of ether oxygens (including phenoxy) is 3. The number of carbonyl (C=O) groups is 1. The maximum atomic E-state index is 14.6. The van der Waals surface area contributed by atoms with Gasteiger partial charge in [0.05, 0.1) is 20.8 Å². The Morgan fingerprint density at radius 1 is 1.03 bits per heavy atom. The van der Waals surface area contributed by atoms with Crippen molar-refractivity contribution in [3.8, 4) is 17.2 Å². The Morgan fingerprint density at radius 2 is 1.82 bits per heavy atom. The molecule has 0 aliphatic heterocycles. The van der Waals surface area contributed by atoms with Gasteiger partial charge in [0, 0.05) is 17.2 Å². The SMILES string of the molecule is COc1ccc(C(=O)/C=C/c2ccc(OCC(O)(Cn3cncn3)c3ccc(F)cc3F)c(OC)c2)cc1. The second kappa shape index (κ2) is 11.7. The Hall–Kier alpha value is -4.57. The summed E-state index contributed by atoms with van der Waals surface area (Å²) in [6.45, 7) is -0.608.